The Labute approximate surface area is 185 Å². The SMILES string of the molecule is C#CCN1CCN(c2ccc(NC(=O)CSc3nnnn3-c3ccccc3)cc2)CC1. The number of anilines is 2. The molecule has 3 aromatic rings. The van der Waals surface area contributed by atoms with Gasteiger partial charge in [0, 0.05) is 37.6 Å². The van der Waals surface area contributed by atoms with Crippen LogP contribution in [0.1, 0.15) is 0 Å². The lowest BCUT2D eigenvalue weighted by molar-refractivity contribution is -0.113. The number of aromatic nitrogens is 4. The number of tetrazole rings is 1. The molecule has 0 unspecified atom stereocenters. The summed E-state index contributed by atoms with van der Waals surface area (Å²) in [5.41, 5.74) is 2.77. The van der Waals surface area contributed by atoms with Crippen LogP contribution in [0.2, 0.25) is 0 Å². The minimum Gasteiger partial charge on any atom is -0.369 e. The number of amides is 1. The third kappa shape index (κ3) is 5.42. The molecule has 0 bridgehead atoms. The second kappa shape index (κ2) is 10.1. The Hall–Kier alpha value is -3.35. The number of benzene rings is 2. The van der Waals surface area contributed by atoms with E-state index in [1.165, 1.54) is 11.8 Å². The predicted octanol–water partition coefficient (Wildman–Crippen LogP) is 2.15. The summed E-state index contributed by atoms with van der Waals surface area (Å²) in [6.45, 7) is 4.51. The van der Waals surface area contributed by atoms with E-state index in [4.69, 9.17) is 6.42 Å². The van der Waals surface area contributed by atoms with Crippen molar-refractivity contribution in [3.05, 3.63) is 54.6 Å². The number of nitrogens with one attached hydrogen (secondary N) is 1. The maximum absolute atomic E-state index is 12.4. The zero-order valence-corrected chi connectivity index (χ0v) is 17.8. The van der Waals surface area contributed by atoms with E-state index in [2.05, 4.69) is 36.6 Å². The smallest absolute Gasteiger partial charge is 0.234 e. The van der Waals surface area contributed by atoms with Crippen LogP contribution in [0.25, 0.3) is 5.69 Å². The Balaban J connectivity index is 1.28. The van der Waals surface area contributed by atoms with Crippen molar-refractivity contribution in [2.24, 2.45) is 0 Å². The fourth-order valence-corrected chi connectivity index (χ4v) is 4.07. The summed E-state index contributed by atoms with van der Waals surface area (Å²) < 4.78 is 1.62. The van der Waals surface area contributed by atoms with E-state index >= 15 is 0 Å². The average molecular weight is 434 g/mol. The molecule has 0 radical (unpaired) electrons. The van der Waals surface area contributed by atoms with Crippen LogP contribution in [0.4, 0.5) is 11.4 Å². The van der Waals surface area contributed by atoms with Crippen molar-refractivity contribution in [2.75, 3.05) is 48.7 Å². The third-order valence-electron chi connectivity index (χ3n) is 4.98. The first-order valence-electron chi connectivity index (χ1n) is 10.0. The molecule has 31 heavy (non-hydrogen) atoms. The molecule has 1 N–H and O–H groups in total. The van der Waals surface area contributed by atoms with Gasteiger partial charge >= 0.3 is 0 Å². The van der Waals surface area contributed by atoms with Crippen molar-refractivity contribution in [3.63, 3.8) is 0 Å². The average Bonchev–Trinajstić information content (AvgIpc) is 3.28. The molecule has 1 aliphatic heterocycles. The molecule has 0 atom stereocenters. The van der Waals surface area contributed by atoms with E-state index in [1.807, 2.05) is 54.6 Å². The van der Waals surface area contributed by atoms with Gasteiger partial charge in [0.1, 0.15) is 0 Å². The van der Waals surface area contributed by atoms with E-state index < -0.39 is 0 Å². The highest BCUT2D eigenvalue weighted by Gasteiger charge is 2.16. The minimum atomic E-state index is -0.108. The van der Waals surface area contributed by atoms with Gasteiger partial charge in [-0.1, -0.05) is 35.9 Å². The van der Waals surface area contributed by atoms with Crippen LogP contribution in [-0.4, -0.2) is 69.5 Å². The number of thioether (sulfide) groups is 1. The van der Waals surface area contributed by atoms with E-state index in [1.54, 1.807) is 4.68 Å². The zero-order chi connectivity index (χ0) is 21.5. The van der Waals surface area contributed by atoms with Crippen molar-refractivity contribution in [1.82, 2.24) is 25.1 Å². The standard InChI is InChI=1S/C22H23N7OS/c1-2-12-27-13-15-28(16-14-27)19-10-8-18(9-11-19)23-21(30)17-31-22-24-25-26-29(22)20-6-4-3-5-7-20/h1,3-11H,12-17H2,(H,23,30). The van der Waals surface area contributed by atoms with Crippen molar-refractivity contribution < 1.29 is 4.79 Å². The van der Waals surface area contributed by atoms with Gasteiger partial charge in [-0.15, -0.1) is 11.5 Å². The quantitative estimate of drug-likeness (QED) is 0.452. The number of para-hydroxylation sites is 1. The van der Waals surface area contributed by atoms with Crippen LogP contribution >= 0.6 is 11.8 Å². The molecular weight excluding hydrogens is 410 g/mol. The topological polar surface area (TPSA) is 79.2 Å². The molecule has 8 nitrogen and oxygen atoms in total. The second-order valence-corrected chi connectivity index (χ2v) is 8.00. The molecule has 1 aromatic heterocycles. The molecule has 1 amide bonds. The van der Waals surface area contributed by atoms with Crippen molar-refractivity contribution >= 4 is 29.0 Å². The fraction of sp³-hybridized carbons (Fsp3) is 0.273. The van der Waals surface area contributed by atoms with Crippen molar-refractivity contribution in [2.45, 2.75) is 5.16 Å². The Bertz CT molecular complexity index is 1040. The molecule has 9 heteroatoms. The normalized spacial score (nSPS) is 14.2. The summed E-state index contributed by atoms with van der Waals surface area (Å²) in [4.78, 5) is 17.0. The van der Waals surface area contributed by atoms with Gasteiger partial charge in [-0.25, -0.2) is 0 Å². The maximum Gasteiger partial charge on any atom is 0.234 e. The summed E-state index contributed by atoms with van der Waals surface area (Å²) in [5, 5.41) is 15.2. The first kappa shape index (κ1) is 20.9. The summed E-state index contributed by atoms with van der Waals surface area (Å²) in [6, 6.07) is 17.5. The summed E-state index contributed by atoms with van der Waals surface area (Å²) in [5.74, 6) is 2.81. The molecule has 1 saturated heterocycles. The third-order valence-corrected chi connectivity index (χ3v) is 5.90. The first-order chi connectivity index (χ1) is 15.2. The van der Waals surface area contributed by atoms with Gasteiger partial charge in [-0.3, -0.25) is 9.69 Å². The van der Waals surface area contributed by atoms with Crippen molar-refractivity contribution in [1.29, 1.82) is 0 Å². The largest absolute Gasteiger partial charge is 0.369 e. The van der Waals surface area contributed by atoms with Gasteiger partial charge in [0.05, 0.1) is 18.0 Å². The Morgan fingerprint density at radius 3 is 2.48 bits per heavy atom. The highest BCUT2D eigenvalue weighted by atomic mass is 32.2. The van der Waals surface area contributed by atoms with E-state index in [0.717, 1.165) is 43.2 Å². The molecule has 2 heterocycles. The first-order valence-corrected chi connectivity index (χ1v) is 11.0. The summed E-state index contributed by atoms with van der Waals surface area (Å²) in [7, 11) is 0. The number of carbonyl (C=O) groups excluding carboxylic acids is 1. The lowest BCUT2D eigenvalue weighted by Crippen LogP contribution is -2.46. The van der Waals surface area contributed by atoms with Crippen LogP contribution < -0.4 is 10.2 Å². The maximum atomic E-state index is 12.4. The van der Waals surface area contributed by atoms with Crippen LogP contribution in [-0.2, 0) is 4.79 Å². The van der Waals surface area contributed by atoms with Crippen LogP contribution in [0.3, 0.4) is 0 Å². The molecule has 1 aliphatic rings. The van der Waals surface area contributed by atoms with Crippen molar-refractivity contribution in [3.8, 4) is 18.0 Å². The van der Waals surface area contributed by atoms with E-state index in [-0.39, 0.29) is 11.7 Å². The molecule has 4 rings (SSSR count). The van der Waals surface area contributed by atoms with Crippen LogP contribution in [0, 0.1) is 12.3 Å². The molecule has 1 fully saturated rings. The lowest BCUT2D eigenvalue weighted by Gasteiger charge is -2.35. The van der Waals surface area contributed by atoms with Gasteiger partial charge in [-0.2, -0.15) is 4.68 Å². The number of rotatable bonds is 7. The monoisotopic (exact) mass is 433 g/mol. The van der Waals surface area contributed by atoms with E-state index in [0.29, 0.717) is 11.7 Å². The highest BCUT2D eigenvalue weighted by Crippen LogP contribution is 2.21. The van der Waals surface area contributed by atoms with E-state index in [9.17, 15) is 4.79 Å². The predicted molar refractivity (Wildman–Crippen MR) is 122 cm³/mol. The highest BCUT2D eigenvalue weighted by molar-refractivity contribution is 7.99. The molecule has 158 valence electrons. The van der Waals surface area contributed by atoms with Gasteiger partial charge in [0.15, 0.2) is 0 Å². The molecule has 2 aromatic carbocycles. The number of terminal acetylenes is 1. The molecule has 0 spiro atoms. The van der Waals surface area contributed by atoms with Crippen LogP contribution in [0.5, 0.6) is 0 Å². The number of nitrogens with zero attached hydrogens (tertiary/aromatic N) is 6. The number of carbonyl (C=O) groups is 1. The summed E-state index contributed by atoms with van der Waals surface area (Å²) in [6.07, 6.45) is 5.39. The fourth-order valence-electron chi connectivity index (χ4n) is 3.38. The zero-order valence-electron chi connectivity index (χ0n) is 17.0. The number of hydrogen-bond acceptors (Lipinski definition) is 7. The van der Waals surface area contributed by atoms with Gasteiger partial charge in [0.25, 0.3) is 0 Å². The number of hydrogen-bond donors (Lipinski definition) is 1. The summed E-state index contributed by atoms with van der Waals surface area (Å²) >= 11 is 1.29. The second-order valence-electron chi connectivity index (χ2n) is 7.06. The Morgan fingerprint density at radius 1 is 1.03 bits per heavy atom. The lowest BCUT2D eigenvalue weighted by atomic mass is 10.2. The molecular formula is C22H23N7OS. The van der Waals surface area contributed by atoms with Gasteiger partial charge < -0.3 is 10.2 Å². The van der Waals surface area contributed by atoms with Crippen LogP contribution in [0.15, 0.2) is 59.8 Å². The van der Waals surface area contributed by atoms with Gasteiger partial charge in [0.2, 0.25) is 11.1 Å². The Morgan fingerprint density at radius 2 is 1.77 bits per heavy atom. The minimum absolute atomic E-state index is 0.108. The van der Waals surface area contributed by atoms with Gasteiger partial charge in [-0.05, 0) is 46.8 Å². The molecule has 0 aliphatic carbocycles. The Kier molecular flexibility index (Phi) is 6.82. The molecule has 0 saturated carbocycles. The number of piperazine rings is 1.